The Balaban J connectivity index is 1.91. The molecule has 0 radical (unpaired) electrons. The number of aryl methyl sites for hydroxylation is 1. The molecule has 1 fully saturated rings. The molecule has 80 valence electrons. The first-order valence-electron chi connectivity index (χ1n) is 5.29. The summed E-state index contributed by atoms with van der Waals surface area (Å²) in [6.45, 7) is 3.26. The third kappa shape index (κ3) is 2.80. The SMILES string of the molecule is Cc1ccc(CC2CNC(=O)CN2)cc1. The second-order valence-corrected chi connectivity index (χ2v) is 4.07. The minimum absolute atomic E-state index is 0.0927. The molecule has 0 saturated carbocycles. The minimum atomic E-state index is 0.0927. The van der Waals surface area contributed by atoms with Crippen molar-refractivity contribution in [1.82, 2.24) is 10.6 Å². The van der Waals surface area contributed by atoms with Crippen LogP contribution >= 0.6 is 0 Å². The zero-order valence-corrected chi connectivity index (χ0v) is 8.92. The molecule has 1 aromatic rings. The van der Waals surface area contributed by atoms with Crippen LogP contribution in [0.5, 0.6) is 0 Å². The molecule has 1 saturated heterocycles. The van der Waals surface area contributed by atoms with E-state index in [1.165, 1.54) is 11.1 Å². The van der Waals surface area contributed by atoms with Gasteiger partial charge in [-0.05, 0) is 18.9 Å². The van der Waals surface area contributed by atoms with Gasteiger partial charge in [-0.1, -0.05) is 29.8 Å². The first-order valence-corrected chi connectivity index (χ1v) is 5.29. The molecule has 1 heterocycles. The van der Waals surface area contributed by atoms with Crippen molar-refractivity contribution in [3.05, 3.63) is 35.4 Å². The van der Waals surface area contributed by atoms with Crippen LogP contribution in [-0.4, -0.2) is 25.0 Å². The summed E-state index contributed by atoms with van der Waals surface area (Å²) >= 11 is 0. The first kappa shape index (κ1) is 10.2. The minimum Gasteiger partial charge on any atom is -0.353 e. The Morgan fingerprint density at radius 1 is 1.33 bits per heavy atom. The fraction of sp³-hybridized carbons (Fsp3) is 0.417. The lowest BCUT2D eigenvalue weighted by Gasteiger charge is -2.24. The quantitative estimate of drug-likeness (QED) is 0.741. The Hall–Kier alpha value is -1.35. The van der Waals surface area contributed by atoms with Gasteiger partial charge in [0.25, 0.3) is 0 Å². The molecule has 3 heteroatoms. The molecule has 2 N–H and O–H groups in total. The fourth-order valence-corrected chi connectivity index (χ4v) is 1.76. The number of benzene rings is 1. The van der Waals surface area contributed by atoms with Gasteiger partial charge in [0.2, 0.25) is 5.91 Å². The van der Waals surface area contributed by atoms with E-state index >= 15 is 0 Å². The highest BCUT2D eigenvalue weighted by Crippen LogP contribution is 2.06. The lowest BCUT2D eigenvalue weighted by molar-refractivity contribution is -0.121. The topological polar surface area (TPSA) is 41.1 Å². The smallest absolute Gasteiger partial charge is 0.234 e. The van der Waals surface area contributed by atoms with Crippen molar-refractivity contribution < 1.29 is 4.79 Å². The summed E-state index contributed by atoms with van der Waals surface area (Å²) in [4.78, 5) is 10.9. The van der Waals surface area contributed by atoms with Gasteiger partial charge in [-0.3, -0.25) is 4.79 Å². The third-order valence-electron chi connectivity index (χ3n) is 2.70. The van der Waals surface area contributed by atoms with Crippen molar-refractivity contribution in [2.24, 2.45) is 0 Å². The van der Waals surface area contributed by atoms with E-state index in [1.54, 1.807) is 0 Å². The average molecular weight is 204 g/mol. The van der Waals surface area contributed by atoms with Crippen molar-refractivity contribution in [3.8, 4) is 0 Å². The van der Waals surface area contributed by atoms with Crippen LogP contribution in [0.4, 0.5) is 0 Å². The van der Waals surface area contributed by atoms with Crippen molar-refractivity contribution in [2.75, 3.05) is 13.1 Å². The number of carbonyl (C=O) groups excluding carboxylic acids is 1. The molecule has 3 nitrogen and oxygen atoms in total. The monoisotopic (exact) mass is 204 g/mol. The Labute approximate surface area is 89.9 Å². The number of rotatable bonds is 2. The summed E-state index contributed by atoms with van der Waals surface area (Å²) in [6.07, 6.45) is 0.973. The summed E-state index contributed by atoms with van der Waals surface area (Å²) in [5.41, 5.74) is 2.60. The molecule has 0 bridgehead atoms. The molecule has 0 aromatic heterocycles. The second kappa shape index (κ2) is 4.45. The summed E-state index contributed by atoms with van der Waals surface area (Å²) in [5, 5.41) is 6.08. The number of hydrogen-bond acceptors (Lipinski definition) is 2. The lowest BCUT2D eigenvalue weighted by atomic mass is 10.0. The molecule has 1 aliphatic heterocycles. The van der Waals surface area contributed by atoms with Gasteiger partial charge in [0, 0.05) is 12.6 Å². The highest BCUT2D eigenvalue weighted by atomic mass is 16.2. The first-order chi connectivity index (χ1) is 7.24. The number of nitrogens with one attached hydrogen (secondary N) is 2. The van der Waals surface area contributed by atoms with Crippen LogP contribution < -0.4 is 10.6 Å². The molecule has 0 spiro atoms. The molecule has 2 rings (SSSR count). The van der Waals surface area contributed by atoms with Crippen LogP contribution in [0.25, 0.3) is 0 Å². The molecule has 1 amide bonds. The van der Waals surface area contributed by atoms with E-state index in [1.807, 2.05) is 0 Å². The summed E-state index contributed by atoms with van der Waals surface area (Å²) < 4.78 is 0. The lowest BCUT2D eigenvalue weighted by Crippen LogP contribution is -2.52. The van der Waals surface area contributed by atoms with Gasteiger partial charge in [0.05, 0.1) is 6.54 Å². The van der Waals surface area contributed by atoms with Crippen molar-refractivity contribution in [2.45, 2.75) is 19.4 Å². The summed E-state index contributed by atoms with van der Waals surface area (Å²) in [5.74, 6) is 0.0927. The fourth-order valence-electron chi connectivity index (χ4n) is 1.76. The van der Waals surface area contributed by atoms with Gasteiger partial charge in [0.1, 0.15) is 0 Å². The van der Waals surface area contributed by atoms with Crippen LogP contribution in [0.2, 0.25) is 0 Å². The maximum absolute atomic E-state index is 10.9. The number of hydrogen-bond donors (Lipinski definition) is 2. The van der Waals surface area contributed by atoms with E-state index < -0.39 is 0 Å². The van der Waals surface area contributed by atoms with E-state index in [2.05, 4.69) is 41.8 Å². The zero-order valence-electron chi connectivity index (χ0n) is 8.92. The Morgan fingerprint density at radius 2 is 2.07 bits per heavy atom. The normalized spacial score (nSPS) is 21.1. The van der Waals surface area contributed by atoms with Crippen LogP contribution in [0.1, 0.15) is 11.1 Å². The van der Waals surface area contributed by atoms with Crippen molar-refractivity contribution in [3.63, 3.8) is 0 Å². The molecule has 1 unspecified atom stereocenters. The van der Waals surface area contributed by atoms with Crippen molar-refractivity contribution >= 4 is 5.91 Å². The largest absolute Gasteiger partial charge is 0.353 e. The highest BCUT2D eigenvalue weighted by molar-refractivity contribution is 5.78. The van der Waals surface area contributed by atoms with E-state index in [0.717, 1.165) is 13.0 Å². The maximum atomic E-state index is 10.9. The Kier molecular flexibility index (Phi) is 3.02. The Bertz CT molecular complexity index is 335. The van der Waals surface area contributed by atoms with Crippen LogP contribution in [-0.2, 0) is 11.2 Å². The molecule has 1 aliphatic rings. The number of amides is 1. The zero-order chi connectivity index (χ0) is 10.7. The molecule has 0 aliphatic carbocycles. The van der Waals surface area contributed by atoms with Gasteiger partial charge in [0.15, 0.2) is 0 Å². The predicted octanol–water partition coefficient (Wildman–Crippen LogP) is 0.626. The average Bonchev–Trinajstić information content (AvgIpc) is 2.25. The van der Waals surface area contributed by atoms with Gasteiger partial charge in [-0.25, -0.2) is 0 Å². The van der Waals surface area contributed by atoms with Crippen LogP contribution in [0, 0.1) is 6.92 Å². The van der Waals surface area contributed by atoms with Gasteiger partial charge >= 0.3 is 0 Å². The highest BCUT2D eigenvalue weighted by Gasteiger charge is 2.16. The van der Waals surface area contributed by atoms with E-state index in [0.29, 0.717) is 12.6 Å². The number of piperazine rings is 1. The molecular weight excluding hydrogens is 188 g/mol. The summed E-state index contributed by atoms with van der Waals surface area (Å²) in [6, 6.07) is 8.90. The standard InChI is InChI=1S/C12H16N2O/c1-9-2-4-10(5-3-9)6-11-7-14-12(15)8-13-11/h2-5,11,13H,6-8H2,1H3,(H,14,15). The van der Waals surface area contributed by atoms with Crippen molar-refractivity contribution in [1.29, 1.82) is 0 Å². The van der Waals surface area contributed by atoms with E-state index in [4.69, 9.17) is 0 Å². The van der Waals surface area contributed by atoms with E-state index in [9.17, 15) is 4.79 Å². The second-order valence-electron chi connectivity index (χ2n) is 4.07. The van der Waals surface area contributed by atoms with E-state index in [-0.39, 0.29) is 5.91 Å². The van der Waals surface area contributed by atoms with Gasteiger partial charge < -0.3 is 10.6 Å². The van der Waals surface area contributed by atoms with Gasteiger partial charge in [-0.2, -0.15) is 0 Å². The third-order valence-corrected chi connectivity index (χ3v) is 2.70. The molecule has 15 heavy (non-hydrogen) atoms. The maximum Gasteiger partial charge on any atom is 0.234 e. The number of carbonyl (C=O) groups is 1. The Morgan fingerprint density at radius 3 is 2.67 bits per heavy atom. The molecule has 1 atom stereocenters. The van der Waals surface area contributed by atoms with Crippen LogP contribution in [0.3, 0.4) is 0 Å². The van der Waals surface area contributed by atoms with Crippen LogP contribution in [0.15, 0.2) is 24.3 Å². The van der Waals surface area contributed by atoms with Gasteiger partial charge in [-0.15, -0.1) is 0 Å². The predicted molar refractivity (Wildman–Crippen MR) is 59.7 cm³/mol. The molecule has 1 aromatic carbocycles. The summed E-state index contributed by atoms with van der Waals surface area (Å²) in [7, 11) is 0. The molecular formula is C12H16N2O.